The summed E-state index contributed by atoms with van der Waals surface area (Å²) in [4.78, 5) is 35.9. The fourth-order valence-electron chi connectivity index (χ4n) is 2.71. The van der Waals surface area contributed by atoms with Crippen LogP contribution < -0.4 is 20.9 Å². The number of ether oxygens (including phenoxy) is 1. The number of benzene rings is 3. The summed E-state index contributed by atoms with van der Waals surface area (Å²) in [6.45, 7) is -0.627. The van der Waals surface area contributed by atoms with Gasteiger partial charge in [0.05, 0.1) is 17.1 Å². The topological polar surface area (TPSA) is 96.5 Å². The third kappa shape index (κ3) is 6.32. The SMILES string of the molecule is O=C(CNC(=O)c1ccccc1Cl)NNC(=O)COc1ccccc1-c1ccccc1. The number of halogens is 1. The second kappa shape index (κ2) is 10.8. The predicted octanol–water partition coefficient (Wildman–Crippen LogP) is 2.96. The Hall–Kier alpha value is -3.84. The van der Waals surface area contributed by atoms with Gasteiger partial charge >= 0.3 is 0 Å². The molecule has 0 unspecified atom stereocenters. The zero-order valence-corrected chi connectivity index (χ0v) is 17.2. The first-order chi connectivity index (χ1) is 15.0. The molecule has 3 amide bonds. The van der Waals surface area contributed by atoms with Gasteiger partial charge in [-0.25, -0.2) is 0 Å². The number of hydrazine groups is 1. The maximum atomic E-state index is 12.0. The Labute approximate surface area is 184 Å². The Morgan fingerprint density at radius 3 is 2.19 bits per heavy atom. The third-order valence-corrected chi connectivity index (χ3v) is 4.53. The average molecular weight is 438 g/mol. The Morgan fingerprint density at radius 2 is 1.42 bits per heavy atom. The van der Waals surface area contributed by atoms with Crippen LogP contribution in [0.3, 0.4) is 0 Å². The zero-order chi connectivity index (χ0) is 22.1. The summed E-state index contributed by atoms with van der Waals surface area (Å²) < 4.78 is 5.61. The number of para-hydroxylation sites is 1. The van der Waals surface area contributed by atoms with Crippen molar-refractivity contribution in [3.05, 3.63) is 89.4 Å². The lowest BCUT2D eigenvalue weighted by Gasteiger charge is -2.12. The second-order valence-corrected chi connectivity index (χ2v) is 6.82. The third-order valence-electron chi connectivity index (χ3n) is 4.20. The van der Waals surface area contributed by atoms with Crippen molar-refractivity contribution in [1.82, 2.24) is 16.2 Å². The first-order valence-corrected chi connectivity index (χ1v) is 9.80. The van der Waals surface area contributed by atoms with Crippen molar-refractivity contribution < 1.29 is 19.1 Å². The highest BCUT2D eigenvalue weighted by molar-refractivity contribution is 6.33. The lowest BCUT2D eigenvalue weighted by molar-refractivity contribution is -0.129. The summed E-state index contributed by atoms with van der Waals surface area (Å²) in [6, 6.07) is 23.5. The van der Waals surface area contributed by atoms with Gasteiger partial charge in [0.15, 0.2) is 6.61 Å². The van der Waals surface area contributed by atoms with E-state index in [1.807, 2.05) is 48.5 Å². The molecule has 0 saturated carbocycles. The summed E-state index contributed by atoms with van der Waals surface area (Å²) in [5, 5.41) is 2.71. The van der Waals surface area contributed by atoms with E-state index in [4.69, 9.17) is 16.3 Å². The molecular weight excluding hydrogens is 418 g/mol. The van der Waals surface area contributed by atoms with Crippen LogP contribution in [-0.2, 0) is 9.59 Å². The predicted molar refractivity (Wildman–Crippen MR) is 117 cm³/mol. The van der Waals surface area contributed by atoms with E-state index in [0.29, 0.717) is 5.75 Å². The van der Waals surface area contributed by atoms with E-state index in [2.05, 4.69) is 16.2 Å². The molecule has 3 N–H and O–H groups in total. The molecule has 0 aromatic heterocycles. The highest BCUT2D eigenvalue weighted by Crippen LogP contribution is 2.29. The van der Waals surface area contributed by atoms with Crippen molar-refractivity contribution in [2.45, 2.75) is 0 Å². The van der Waals surface area contributed by atoms with E-state index in [9.17, 15) is 14.4 Å². The quantitative estimate of drug-likeness (QED) is 0.495. The van der Waals surface area contributed by atoms with E-state index in [0.717, 1.165) is 11.1 Å². The molecule has 31 heavy (non-hydrogen) atoms. The number of carbonyl (C=O) groups is 3. The molecule has 0 atom stereocenters. The van der Waals surface area contributed by atoms with Gasteiger partial charge in [-0.05, 0) is 23.8 Å². The smallest absolute Gasteiger partial charge is 0.276 e. The Balaban J connectivity index is 1.44. The summed E-state index contributed by atoms with van der Waals surface area (Å²) in [7, 11) is 0. The van der Waals surface area contributed by atoms with Crippen molar-refractivity contribution >= 4 is 29.3 Å². The average Bonchev–Trinajstić information content (AvgIpc) is 2.81. The number of amides is 3. The van der Waals surface area contributed by atoms with Gasteiger partial charge in [-0.3, -0.25) is 25.2 Å². The Kier molecular flexibility index (Phi) is 7.61. The van der Waals surface area contributed by atoms with Crippen molar-refractivity contribution in [3.8, 4) is 16.9 Å². The largest absolute Gasteiger partial charge is 0.483 e. The standard InChI is InChI=1S/C23H20ClN3O4/c24-19-12-6-4-11-18(19)23(30)25-14-21(28)26-27-22(29)15-31-20-13-7-5-10-17(20)16-8-2-1-3-9-16/h1-13H,14-15H2,(H,25,30)(H,26,28)(H,27,29). The van der Waals surface area contributed by atoms with Crippen LogP contribution in [0.15, 0.2) is 78.9 Å². The number of nitrogens with one attached hydrogen (secondary N) is 3. The van der Waals surface area contributed by atoms with Crippen molar-refractivity contribution in [2.75, 3.05) is 13.2 Å². The summed E-state index contributed by atoms with van der Waals surface area (Å²) in [5.41, 5.74) is 6.53. The molecule has 0 radical (unpaired) electrons. The maximum Gasteiger partial charge on any atom is 0.276 e. The maximum absolute atomic E-state index is 12.0. The van der Waals surface area contributed by atoms with Crippen molar-refractivity contribution in [3.63, 3.8) is 0 Å². The molecule has 0 aliphatic heterocycles. The van der Waals surface area contributed by atoms with Crippen LogP contribution in [0.5, 0.6) is 5.75 Å². The van der Waals surface area contributed by atoms with Gasteiger partial charge in [0.1, 0.15) is 5.75 Å². The molecule has 0 fully saturated rings. The van der Waals surface area contributed by atoms with Gasteiger partial charge in [-0.2, -0.15) is 0 Å². The molecule has 3 aromatic rings. The molecular formula is C23H20ClN3O4. The van der Waals surface area contributed by atoms with E-state index < -0.39 is 17.7 Å². The van der Waals surface area contributed by atoms with Crippen molar-refractivity contribution in [1.29, 1.82) is 0 Å². The fraction of sp³-hybridized carbons (Fsp3) is 0.0870. The van der Waals surface area contributed by atoms with Gasteiger partial charge < -0.3 is 10.1 Å². The lowest BCUT2D eigenvalue weighted by atomic mass is 10.1. The lowest BCUT2D eigenvalue weighted by Crippen LogP contribution is -2.47. The molecule has 158 valence electrons. The van der Waals surface area contributed by atoms with E-state index in [-0.39, 0.29) is 23.7 Å². The van der Waals surface area contributed by atoms with Crippen LogP contribution in [0, 0.1) is 0 Å². The summed E-state index contributed by atoms with van der Waals surface area (Å²) in [5.74, 6) is -1.10. The highest BCUT2D eigenvalue weighted by atomic mass is 35.5. The van der Waals surface area contributed by atoms with Crippen LogP contribution in [-0.4, -0.2) is 30.9 Å². The molecule has 3 aromatic carbocycles. The van der Waals surface area contributed by atoms with Crippen LogP contribution in [0.1, 0.15) is 10.4 Å². The zero-order valence-electron chi connectivity index (χ0n) is 16.4. The first kappa shape index (κ1) is 21.9. The summed E-state index contributed by atoms with van der Waals surface area (Å²) in [6.07, 6.45) is 0. The van der Waals surface area contributed by atoms with Gasteiger partial charge in [-0.15, -0.1) is 0 Å². The molecule has 0 bridgehead atoms. The normalized spacial score (nSPS) is 10.1. The molecule has 0 aliphatic carbocycles. The van der Waals surface area contributed by atoms with Crippen LogP contribution in [0.25, 0.3) is 11.1 Å². The molecule has 8 heteroatoms. The van der Waals surface area contributed by atoms with Gasteiger partial charge in [0.2, 0.25) is 0 Å². The monoisotopic (exact) mass is 437 g/mol. The minimum atomic E-state index is -0.599. The molecule has 0 aliphatic rings. The molecule has 3 rings (SSSR count). The van der Waals surface area contributed by atoms with E-state index in [1.54, 1.807) is 30.3 Å². The minimum Gasteiger partial charge on any atom is -0.483 e. The summed E-state index contributed by atoms with van der Waals surface area (Å²) >= 11 is 5.94. The number of carbonyl (C=O) groups excluding carboxylic acids is 3. The Bertz CT molecular complexity index is 1070. The van der Waals surface area contributed by atoms with E-state index >= 15 is 0 Å². The van der Waals surface area contributed by atoms with Crippen molar-refractivity contribution in [2.24, 2.45) is 0 Å². The van der Waals surface area contributed by atoms with Crippen LogP contribution >= 0.6 is 11.6 Å². The number of hydrogen-bond donors (Lipinski definition) is 3. The van der Waals surface area contributed by atoms with Gasteiger partial charge in [-0.1, -0.05) is 72.3 Å². The second-order valence-electron chi connectivity index (χ2n) is 6.41. The highest BCUT2D eigenvalue weighted by Gasteiger charge is 2.12. The van der Waals surface area contributed by atoms with Crippen LogP contribution in [0.2, 0.25) is 5.02 Å². The molecule has 7 nitrogen and oxygen atoms in total. The van der Waals surface area contributed by atoms with E-state index in [1.165, 1.54) is 0 Å². The Morgan fingerprint density at radius 1 is 0.774 bits per heavy atom. The molecule has 0 saturated heterocycles. The van der Waals surface area contributed by atoms with Crippen LogP contribution in [0.4, 0.5) is 0 Å². The minimum absolute atomic E-state index is 0.256. The fourth-order valence-corrected chi connectivity index (χ4v) is 2.93. The molecule has 0 spiro atoms. The molecule has 0 heterocycles. The number of rotatable bonds is 7. The van der Waals surface area contributed by atoms with Gasteiger partial charge in [0.25, 0.3) is 17.7 Å². The first-order valence-electron chi connectivity index (χ1n) is 9.42. The number of hydrogen-bond acceptors (Lipinski definition) is 4. The van der Waals surface area contributed by atoms with Gasteiger partial charge in [0, 0.05) is 5.56 Å².